The third kappa shape index (κ3) is 1.78. The lowest BCUT2D eigenvalue weighted by atomic mass is 9.95. The number of fused-ring (bicyclic) bond motifs is 3. The molecular formula is C14H15N3O2S. The molecule has 2 aromatic heterocycles. The highest BCUT2D eigenvalue weighted by Gasteiger charge is 2.40. The van der Waals surface area contributed by atoms with E-state index in [1.54, 1.807) is 0 Å². The summed E-state index contributed by atoms with van der Waals surface area (Å²) in [5.74, 6) is 1.50. The van der Waals surface area contributed by atoms with Gasteiger partial charge in [0.05, 0.1) is 15.1 Å². The first kappa shape index (κ1) is 12.1. The van der Waals surface area contributed by atoms with Gasteiger partial charge in [-0.25, -0.2) is 4.98 Å². The molecule has 0 amide bonds. The number of nitro groups is 1. The minimum absolute atomic E-state index is 0.0997. The Bertz CT molecular complexity index is 684. The van der Waals surface area contributed by atoms with Gasteiger partial charge in [0.2, 0.25) is 0 Å². The maximum atomic E-state index is 11.3. The van der Waals surface area contributed by atoms with E-state index in [1.807, 2.05) is 11.4 Å². The van der Waals surface area contributed by atoms with Crippen molar-refractivity contribution >= 4 is 32.9 Å². The Balaban J connectivity index is 1.75. The predicted molar refractivity (Wildman–Crippen MR) is 79.1 cm³/mol. The van der Waals surface area contributed by atoms with Crippen LogP contribution in [0.5, 0.6) is 0 Å². The first-order valence-electron chi connectivity index (χ1n) is 6.99. The molecule has 6 heteroatoms. The van der Waals surface area contributed by atoms with Crippen molar-refractivity contribution in [2.24, 2.45) is 11.8 Å². The van der Waals surface area contributed by atoms with Gasteiger partial charge in [-0.2, -0.15) is 0 Å². The quantitative estimate of drug-likeness (QED) is 0.689. The van der Waals surface area contributed by atoms with Gasteiger partial charge < -0.3 is 5.32 Å². The first-order valence-corrected chi connectivity index (χ1v) is 7.87. The van der Waals surface area contributed by atoms with Crippen molar-refractivity contribution in [2.45, 2.75) is 31.7 Å². The summed E-state index contributed by atoms with van der Waals surface area (Å²) >= 11 is 1.52. The molecule has 2 aromatic rings. The average molecular weight is 289 g/mol. The zero-order valence-electron chi connectivity index (χ0n) is 10.9. The zero-order valence-corrected chi connectivity index (χ0v) is 11.7. The fraction of sp³-hybridized carbons (Fsp3) is 0.500. The zero-order chi connectivity index (χ0) is 13.7. The van der Waals surface area contributed by atoms with Gasteiger partial charge >= 0.3 is 5.69 Å². The fourth-order valence-corrected chi connectivity index (χ4v) is 4.64. The Morgan fingerprint density at radius 3 is 3.00 bits per heavy atom. The molecule has 0 aliphatic heterocycles. The van der Waals surface area contributed by atoms with Crippen molar-refractivity contribution in [1.82, 2.24) is 4.98 Å². The van der Waals surface area contributed by atoms with Crippen LogP contribution in [-0.4, -0.2) is 15.9 Å². The molecule has 4 rings (SSSR count). The summed E-state index contributed by atoms with van der Waals surface area (Å²) in [5, 5.41) is 16.7. The molecule has 2 aliphatic rings. The van der Waals surface area contributed by atoms with Crippen LogP contribution in [0.25, 0.3) is 10.2 Å². The Kier molecular flexibility index (Phi) is 2.66. The van der Waals surface area contributed by atoms with E-state index < -0.39 is 0 Å². The minimum atomic E-state index is -0.332. The monoisotopic (exact) mass is 289 g/mol. The van der Waals surface area contributed by atoms with Gasteiger partial charge in [-0.3, -0.25) is 10.1 Å². The summed E-state index contributed by atoms with van der Waals surface area (Å²) in [5.41, 5.74) is 1.61. The molecule has 2 saturated carbocycles. The highest BCUT2D eigenvalue weighted by atomic mass is 32.1. The summed E-state index contributed by atoms with van der Waals surface area (Å²) in [7, 11) is 0. The second-order valence-electron chi connectivity index (χ2n) is 5.84. The number of hydrogen-bond donors (Lipinski definition) is 1. The van der Waals surface area contributed by atoms with Crippen LogP contribution in [0.4, 0.5) is 11.4 Å². The van der Waals surface area contributed by atoms with Gasteiger partial charge in [0.25, 0.3) is 0 Å². The number of hydrogen-bond acceptors (Lipinski definition) is 5. The Hall–Kier alpha value is -1.69. The van der Waals surface area contributed by atoms with Crippen LogP contribution < -0.4 is 5.32 Å². The Morgan fingerprint density at radius 2 is 2.30 bits per heavy atom. The highest BCUT2D eigenvalue weighted by molar-refractivity contribution is 7.17. The summed E-state index contributed by atoms with van der Waals surface area (Å²) < 4.78 is 0.905. The predicted octanol–water partition coefficient (Wildman–Crippen LogP) is 3.81. The van der Waals surface area contributed by atoms with Gasteiger partial charge in [-0.15, -0.1) is 11.3 Å². The number of nitrogens with zero attached hydrogens (tertiary/aromatic N) is 2. The van der Waals surface area contributed by atoms with Crippen LogP contribution in [0.15, 0.2) is 17.6 Å². The van der Waals surface area contributed by atoms with Crippen LogP contribution in [-0.2, 0) is 0 Å². The molecule has 2 fully saturated rings. The van der Waals surface area contributed by atoms with Crippen molar-refractivity contribution in [1.29, 1.82) is 0 Å². The molecular weight excluding hydrogens is 274 g/mol. The smallest absolute Gasteiger partial charge is 0.311 e. The third-order valence-electron chi connectivity index (χ3n) is 4.72. The highest BCUT2D eigenvalue weighted by Crippen LogP contribution is 2.47. The number of pyridine rings is 1. The summed E-state index contributed by atoms with van der Waals surface area (Å²) in [6, 6.07) is 2.30. The van der Waals surface area contributed by atoms with Crippen LogP contribution in [0, 0.1) is 22.0 Å². The maximum Gasteiger partial charge on any atom is 0.311 e. The molecule has 20 heavy (non-hydrogen) atoms. The lowest BCUT2D eigenvalue weighted by Gasteiger charge is -2.24. The number of nitrogens with one attached hydrogen (secondary N) is 1. The number of thiophene rings is 1. The van der Waals surface area contributed by atoms with Crippen molar-refractivity contribution < 1.29 is 4.92 Å². The molecule has 0 saturated heterocycles. The largest absolute Gasteiger partial charge is 0.375 e. The van der Waals surface area contributed by atoms with Gasteiger partial charge in [-0.1, -0.05) is 6.42 Å². The van der Waals surface area contributed by atoms with Gasteiger partial charge in [0.15, 0.2) is 0 Å². The standard InChI is InChI=1S/C14H15N3O2S/c18-17(19)12-7-15-10-3-4-20-14(10)13(12)16-11-6-8-1-2-9(11)5-8/h3-4,7-9,11H,1-2,5-6H2,(H,15,16)/t8?,9?,11-/m0/s1. The molecule has 0 radical (unpaired) electrons. The molecule has 0 aromatic carbocycles. The van der Waals surface area contributed by atoms with E-state index in [4.69, 9.17) is 0 Å². The maximum absolute atomic E-state index is 11.3. The SMILES string of the molecule is O=[N+]([O-])c1cnc2ccsc2c1N[C@H]1CC2CCC1C2. The van der Waals surface area contributed by atoms with Crippen LogP contribution in [0.3, 0.4) is 0 Å². The van der Waals surface area contributed by atoms with Crippen molar-refractivity contribution in [3.63, 3.8) is 0 Å². The lowest BCUT2D eigenvalue weighted by Crippen LogP contribution is -2.26. The van der Waals surface area contributed by atoms with Gasteiger partial charge in [-0.05, 0) is 42.5 Å². The van der Waals surface area contributed by atoms with Gasteiger partial charge in [0.1, 0.15) is 11.9 Å². The number of aromatic nitrogens is 1. The topological polar surface area (TPSA) is 68.1 Å². The van der Waals surface area contributed by atoms with E-state index in [9.17, 15) is 10.1 Å². The molecule has 2 heterocycles. The molecule has 2 aliphatic carbocycles. The van der Waals surface area contributed by atoms with Crippen LogP contribution in [0.2, 0.25) is 0 Å². The van der Waals surface area contributed by atoms with E-state index in [0.717, 1.165) is 22.6 Å². The van der Waals surface area contributed by atoms with E-state index >= 15 is 0 Å². The number of rotatable bonds is 3. The molecule has 1 N–H and O–H groups in total. The van der Waals surface area contributed by atoms with Crippen LogP contribution >= 0.6 is 11.3 Å². The fourth-order valence-electron chi connectivity index (χ4n) is 3.79. The van der Waals surface area contributed by atoms with E-state index in [2.05, 4.69) is 10.3 Å². The van der Waals surface area contributed by atoms with E-state index in [1.165, 1.54) is 36.8 Å². The minimum Gasteiger partial charge on any atom is -0.375 e. The summed E-state index contributed by atoms with van der Waals surface area (Å²) in [6.07, 6.45) is 6.40. The Morgan fingerprint density at radius 1 is 1.40 bits per heavy atom. The van der Waals surface area contributed by atoms with E-state index in [0.29, 0.717) is 17.6 Å². The van der Waals surface area contributed by atoms with Crippen molar-refractivity contribution in [3.05, 3.63) is 27.8 Å². The molecule has 5 nitrogen and oxygen atoms in total. The Labute approximate surface area is 120 Å². The normalized spacial score (nSPS) is 28.1. The van der Waals surface area contributed by atoms with E-state index in [-0.39, 0.29) is 10.6 Å². The summed E-state index contributed by atoms with van der Waals surface area (Å²) in [4.78, 5) is 15.1. The first-order chi connectivity index (χ1) is 9.72. The second-order valence-corrected chi connectivity index (χ2v) is 6.75. The third-order valence-corrected chi connectivity index (χ3v) is 5.64. The van der Waals surface area contributed by atoms with Crippen LogP contribution in [0.1, 0.15) is 25.7 Å². The average Bonchev–Trinajstić information content (AvgIpc) is 3.14. The molecule has 2 unspecified atom stereocenters. The van der Waals surface area contributed by atoms with Crippen molar-refractivity contribution in [2.75, 3.05) is 5.32 Å². The molecule has 2 bridgehead atoms. The second kappa shape index (κ2) is 4.41. The summed E-state index contributed by atoms with van der Waals surface area (Å²) in [6.45, 7) is 0. The molecule has 0 spiro atoms. The molecule has 104 valence electrons. The molecule has 3 atom stereocenters. The van der Waals surface area contributed by atoms with Gasteiger partial charge in [0, 0.05) is 6.04 Å². The lowest BCUT2D eigenvalue weighted by molar-refractivity contribution is -0.384. The number of anilines is 1. The van der Waals surface area contributed by atoms with Crippen molar-refractivity contribution in [3.8, 4) is 0 Å².